The fourth-order valence-electron chi connectivity index (χ4n) is 1.77. The van der Waals surface area contributed by atoms with Crippen molar-refractivity contribution in [3.8, 4) is 11.5 Å². The average Bonchev–Trinajstić information content (AvgIpc) is 2.48. The normalized spacial score (nSPS) is 11.6. The molecule has 0 aliphatic carbocycles. The summed E-state index contributed by atoms with van der Waals surface area (Å²) >= 11 is 0. The molecular weight excluding hydrogens is 311 g/mol. The molecule has 2 aromatic carbocycles. The highest BCUT2D eigenvalue weighted by Gasteiger charge is 2.30. The minimum Gasteiger partial charge on any atom is -0.504 e. The first-order valence-electron chi connectivity index (χ1n) is 6.44. The lowest BCUT2D eigenvalue weighted by molar-refractivity contribution is -0.137. The van der Waals surface area contributed by atoms with Gasteiger partial charge in [0.05, 0.1) is 5.56 Å². The maximum atomic E-state index is 12.6. The number of aromatic hydroxyl groups is 2. The van der Waals surface area contributed by atoms with Gasteiger partial charge in [-0.2, -0.15) is 13.2 Å². The molecule has 0 unspecified atom stereocenters. The Morgan fingerprint density at radius 3 is 2.43 bits per heavy atom. The molecule has 0 heterocycles. The molecule has 0 atom stereocenters. The van der Waals surface area contributed by atoms with E-state index < -0.39 is 17.6 Å². The van der Waals surface area contributed by atoms with Gasteiger partial charge in [-0.15, -0.1) is 0 Å². The van der Waals surface area contributed by atoms with Crippen LogP contribution < -0.4 is 5.32 Å². The van der Waals surface area contributed by atoms with Gasteiger partial charge >= 0.3 is 6.18 Å². The number of nitrogens with one attached hydrogen (secondary N) is 1. The van der Waals surface area contributed by atoms with Crippen molar-refractivity contribution in [3.05, 3.63) is 59.7 Å². The fourth-order valence-corrected chi connectivity index (χ4v) is 1.77. The summed E-state index contributed by atoms with van der Waals surface area (Å²) in [6.45, 7) is 0. The van der Waals surface area contributed by atoms with Crippen molar-refractivity contribution in [2.45, 2.75) is 6.18 Å². The van der Waals surface area contributed by atoms with Gasteiger partial charge < -0.3 is 15.5 Å². The first-order chi connectivity index (χ1) is 10.8. The van der Waals surface area contributed by atoms with Crippen LogP contribution in [0.15, 0.2) is 48.5 Å². The summed E-state index contributed by atoms with van der Waals surface area (Å²) in [6.07, 6.45) is -2.03. The third-order valence-electron chi connectivity index (χ3n) is 2.88. The van der Waals surface area contributed by atoms with E-state index in [9.17, 15) is 23.1 Å². The van der Waals surface area contributed by atoms with Crippen LogP contribution in [-0.4, -0.2) is 16.1 Å². The number of phenolic OH excluding ortho intramolecular Hbond substituents is 2. The molecule has 0 saturated carbocycles. The number of halogens is 3. The molecule has 0 spiro atoms. The first kappa shape index (κ1) is 16.4. The van der Waals surface area contributed by atoms with E-state index in [1.807, 2.05) is 0 Å². The van der Waals surface area contributed by atoms with Gasteiger partial charge in [0.25, 0.3) is 0 Å². The lowest BCUT2D eigenvalue weighted by atomic mass is 10.2. The number of benzene rings is 2. The Labute approximate surface area is 129 Å². The zero-order valence-corrected chi connectivity index (χ0v) is 11.6. The minimum absolute atomic E-state index is 0.0167. The van der Waals surface area contributed by atoms with E-state index in [1.54, 1.807) is 0 Å². The second-order valence-corrected chi connectivity index (χ2v) is 4.65. The van der Waals surface area contributed by atoms with Gasteiger partial charge in [-0.05, 0) is 42.0 Å². The Hall–Kier alpha value is -2.96. The molecular formula is C16H12F3NO3. The first-order valence-corrected chi connectivity index (χ1v) is 6.44. The number of alkyl halides is 3. The number of carbonyl (C=O) groups is 1. The minimum atomic E-state index is -4.49. The second-order valence-electron chi connectivity index (χ2n) is 4.65. The smallest absolute Gasteiger partial charge is 0.416 e. The van der Waals surface area contributed by atoms with Crippen molar-refractivity contribution in [2.75, 3.05) is 5.32 Å². The number of carbonyl (C=O) groups excluding carboxylic acids is 1. The van der Waals surface area contributed by atoms with Crippen LogP contribution in [0.3, 0.4) is 0 Å². The highest BCUT2D eigenvalue weighted by Crippen LogP contribution is 2.30. The lowest BCUT2D eigenvalue weighted by Gasteiger charge is -2.08. The van der Waals surface area contributed by atoms with Gasteiger partial charge in [0, 0.05) is 11.8 Å². The Morgan fingerprint density at radius 1 is 1.04 bits per heavy atom. The monoisotopic (exact) mass is 323 g/mol. The van der Waals surface area contributed by atoms with Crippen LogP contribution in [-0.2, 0) is 11.0 Å². The summed E-state index contributed by atoms with van der Waals surface area (Å²) in [5, 5.41) is 20.8. The van der Waals surface area contributed by atoms with E-state index in [2.05, 4.69) is 5.32 Å². The van der Waals surface area contributed by atoms with Crippen LogP contribution in [0.5, 0.6) is 11.5 Å². The quantitative estimate of drug-likeness (QED) is 0.595. The number of amides is 1. The molecule has 2 aromatic rings. The summed E-state index contributed by atoms with van der Waals surface area (Å²) in [4.78, 5) is 11.7. The molecule has 0 bridgehead atoms. The molecule has 4 nitrogen and oxygen atoms in total. The van der Waals surface area contributed by atoms with Crippen LogP contribution in [0.25, 0.3) is 6.08 Å². The van der Waals surface area contributed by atoms with Gasteiger partial charge in [-0.3, -0.25) is 4.79 Å². The third kappa shape index (κ3) is 4.50. The number of anilines is 1. The van der Waals surface area contributed by atoms with E-state index in [1.165, 1.54) is 36.4 Å². The maximum Gasteiger partial charge on any atom is 0.416 e. The molecule has 0 radical (unpaired) electrons. The number of hydrogen-bond donors (Lipinski definition) is 3. The molecule has 0 saturated heterocycles. The van der Waals surface area contributed by atoms with Crippen LogP contribution >= 0.6 is 0 Å². The molecule has 0 fully saturated rings. The van der Waals surface area contributed by atoms with E-state index >= 15 is 0 Å². The predicted molar refractivity (Wildman–Crippen MR) is 78.9 cm³/mol. The summed E-state index contributed by atoms with van der Waals surface area (Å²) < 4.78 is 37.7. The Bertz CT molecular complexity index is 754. The Kier molecular flexibility index (Phi) is 4.59. The summed E-state index contributed by atoms with van der Waals surface area (Å²) in [5.41, 5.74) is -0.398. The van der Waals surface area contributed by atoms with Gasteiger partial charge in [-0.1, -0.05) is 12.1 Å². The van der Waals surface area contributed by atoms with Gasteiger partial charge in [-0.25, -0.2) is 0 Å². The van der Waals surface area contributed by atoms with Crippen LogP contribution in [0.1, 0.15) is 11.1 Å². The number of phenols is 2. The molecule has 3 N–H and O–H groups in total. The molecule has 1 amide bonds. The second kappa shape index (κ2) is 6.43. The largest absolute Gasteiger partial charge is 0.504 e. The van der Waals surface area contributed by atoms with Gasteiger partial charge in [0.1, 0.15) is 0 Å². The number of rotatable bonds is 3. The predicted octanol–water partition coefficient (Wildman–Crippen LogP) is 3.77. The molecule has 0 aromatic heterocycles. The van der Waals surface area contributed by atoms with E-state index in [-0.39, 0.29) is 17.2 Å². The van der Waals surface area contributed by atoms with E-state index in [4.69, 9.17) is 5.11 Å². The molecule has 7 heteroatoms. The van der Waals surface area contributed by atoms with Crippen molar-refractivity contribution in [1.29, 1.82) is 0 Å². The van der Waals surface area contributed by atoms with Crippen molar-refractivity contribution in [1.82, 2.24) is 0 Å². The Balaban J connectivity index is 2.07. The molecule has 23 heavy (non-hydrogen) atoms. The zero-order valence-electron chi connectivity index (χ0n) is 11.6. The van der Waals surface area contributed by atoms with Crippen LogP contribution in [0, 0.1) is 0 Å². The SMILES string of the molecule is O=C(/C=C/c1ccc(O)c(O)c1)Nc1cccc(C(F)(F)F)c1. The van der Waals surface area contributed by atoms with Crippen LogP contribution in [0.4, 0.5) is 18.9 Å². The third-order valence-corrected chi connectivity index (χ3v) is 2.88. The topological polar surface area (TPSA) is 69.6 Å². The summed E-state index contributed by atoms with van der Waals surface area (Å²) in [5.74, 6) is -1.27. The zero-order chi connectivity index (χ0) is 17.0. The molecule has 120 valence electrons. The summed E-state index contributed by atoms with van der Waals surface area (Å²) in [7, 11) is 0. The van der Waals surface area contributed by atoms with Crippen molar-refractivity contribution in [3.63, 3.8) is 0 Å². The van der Waals surface area contributed by atoms with Crippen molar-refractivity contribution >= 4 is 17.7 Å². The van der Waals surface area contributed by atoms with Crippen molar-refractivity contribution < 1.29 is 28.2 Å². The van der Waals surface area contributed by atoms with Crippen LogP contribution in [0.2, 0.25) is 0 Å². The number of hydrogen-bond acceptors (Lipinski definition) is 3. The molecule has 2 rings (SSSR count). The van der Waals surface area contributed by atoms with Crippen molar-refractivity contribution in [2.24, 2.45) is 0 Å². The highest BCUT2D eigenvalue weighted by molar-refractivity contribution is 6.02. The maximum absolute atomic E-state index is 12.6. The summed E-state index contributed by atoms with van der Waals surface area (Å²) in [6, 6.07) is 8.22. The average molecular weight is 323 g/mol. The molecule has 0 aliphatic heterocycles. The van der Waals surface area contributed by atoms with E-state index in [0.717, 1.165) is 18.2 Å². The molecule has 0 aliphatic rings. The highest BCUT2D eigenvalue weighted by atomic mass is 19.4. The lowest BCUT2D eigenvalue weighted by Crippen LogP contribution is -2.10. The Morgan fingerprint density at radius 2 is 1.78 bits per heavy atom. The van der Waals surface area contributed by atoms with Gasteiger partial charge in [0.2, 0.25) is 5.91 Å². The van der Waals surface area contributed by atoms with Gasteiger partial charge in [0.15, 0.2) is 11.5 Å². The standard InChI is InChI=1S/C16H12F3NO3/c17-16(18,19)11-2-1-3-12(9-11)20-15(23)7-5-10-4-6-13(21)14(22)8-10/h1-9,21-22H,(H,20,23)/b7-5+. The fraction of sp³-hybridized carbons (Fsp3) is 0.0625. The van der Waals surface area contributed by atoms with E-state index in [0.29, 0.717) is 5.56 Å².